The van der Waals surface area contributed by atoms with Crippen molar-refractivity contribution in [2.24, 2.45) is 5.73 Å². The molecule has 2 aromatic rings. The Bertz CT molecular complexity index is 610. The van der Waals surface area contributed by atoms with Gasteiger partial charge in [-0.15, -0.1) is 0 Å². The molecule has 1 atom stereocenters. The Morgan fingerprint density at radius 2 is 1.76 bits per heavy atom. The molecule has 0 fully saturated rings. The van der Waals surface area contributed by atoms with Crippen LogP contribution in [0, 0.1) is 0 Å². The first-order chi connectivity index (χ1) is 10.1. The molecule has 0 spiro atoms. The zero-order chi connectivity index (χ0) is 15.2. The van der Waals surface area contributed by atoms with E-state index in [0.29, 0.717) is 18.0 Å². The summed E-state index contributed by atoms with van der Waals surface area (Å²) in [6.07, 6.45) is 0.339. The van der Waals surface area contributed by atoms with Gasteiger partial charge in [-0.05, 0) is 35.7 Å². The Balaban J connectivity index is 1.99. The number of rotatable bonds is 5. The summed E-state index contributed by atoms with van der Waals surface area (Å²) >= 11 is 5.86. The maximum atomic E-state index is 12.2. The van der Waals surface area contributed by atoms with Crippen molar-refractivity contribution >= 4 is 17.5 Å². The fraction of sp³-hybridized carbons (Fsp3) is 0.235. The lowest BCUT2D eigenvalue weighted by atomic mass is 10.0. The van der Waals surface area contributed by atoms with Crippen molar-refractivity contribution in [2.45, 2.75) is 25.9 Å². The Morgan fingerprint density at radius 3 is 2.38 bits per heavy atom. The fourth-order valence-electron chi connectivity index (χ4n) is 2.23. The number of nitrogens with one attached hydrogen (secondary N) is 1. The SMILES string of the molecule is C[C@@H](NC(=O)Cc1ccccc1CN)c1ccc(Cl)cc1. The first-order valence-electron chi connectivity index (χ1n) is 6.92. The van der Waals surface area contributed by atoms with E-state index in [-0.39, 0.29) is 11.9 Å². The van der Waals surface area contributed by atoms with Gasteiger partial charge in [-0.2, -0.15) is 0 Å². The van der Waals surface area contributed by atoms with Crippen molar-refractivity contribution in [2.75, 3.05) is 0 Å². The highest BCUT2D eigenvalue weighted by atomic mass is 35.5. The Morgan fingerprint density at radius 1 is 1.14 bits per heavy atom. The molecule has 2 aromatic carbocycles. The van der Waals surface area contributed by atoms with E-state index in [2.05, 4.69) is 5.32 Å². The third-order valence-electron chi connectivity index (χ3n) is 3.44. The standard InChI is InChI=1S/C17H19ClN2O/c1-12(13-6-8-16(18)9-7-13)20-17(21)10-14-4-2-3-5-15(14)11-19/h2-9,12H,10-11,19H2,1H3,(H,20,21)/t12-/m1/s1. The predicted molar refractivity (Wildman–Crippen MR) is 86.0 cm³/mol. The Kier molecular flexibility index (Phi) is 5.37. The van der Waals surface area contributed by atoms with Crippen LogP contribution in [-0.4, -0.2) is 5.91 Å². The van der Waals surface area contributed by atoms with Gasteiger partial charge in [0.1, 0.15) is 0 Å². The van der Waals surface area contributed by atoms with E-state index in [0.717, 1.165) is 16.7 Å². The number of amides is 1. The third-order valence-corrected chi connectivity index (χ3v) is 3.69. The van der Waals surface area contributed by atoms with Gasteiger partial charge in [0.15, 0.2) is 0 Å². The number of carbonyl (C=O) groups is 1. The van der Waals surface area contributed by atoms with Gasteiger partial charge in [0, 0.05) is 11.6 Å². The summed E-state index contributed by atoms with van der Waals surface area (Å²) in [7, 11) is 0. The summed E-state index contributed by atoms with van der Waals surface area (Å²) in [5.74, 6) is -0.0154. The monoisotopic (exact) mass is 302 g/mol. The summed E-state index contributed by atoms with van der Waals surface area (Å²) in [6, 6.07) is 15.2. The topological polar surface area (TPSA) is 55.1 Å². The quantitative estimate of drug-likeness (QED) is 0.891. The number of hydrogen-bond donors (Lipinski definition) is 2. The summed E-state index contributed by atoms with van der Waals surface area (Å²) in [6.45, 7) is 2.40. The number of nitrogens with two attached hydrogens (primary N) is 1. The van der Waals surface area contributed by atoms with E-state index in [4.69, 9.17) is 17.3 Å². The van der Waals surface area contributed by atoms with Gasteiger partial charge in [-0.25, -0.2) is 0 Å². The lowest BCUT2D eigenvalue weighted by Gasteiger charge is -2.15. The molecule has 4 heteroatoms. The minimum absolute atomic E-state index is 0.0154. The second-order valence-electron chi connectivity index (χ2n) is 4.99. The van der Waals surface area contributed by atoms with Crippen LogP contribution in [0.1, 0.15) is 29.7 Å². The molecule has 110 valence electrons. The van der Waals surface area contributed by atoms with Crippen molar-refractivity contribution in [3.63, 3.8) is 0 Å². The van der Waals surface area contributed by atoms with Crippen LogP contribution in [0.25, 0.3) is 0 Å². The molecule has 0 heterocycles. The first kappa shape index (κ1) is 15.5. The second kappa shape index (κ2) is 7.25. The van der Waals surface area contributed by atoms with E-state index in [9.17, 15) is 4.79 Å². The molecule has 0 saturated carbocycles. The molecule has 0 aromatic heterocycles. The predicted octanol–water partition coefficient (Wildman–Crippen LogP) is 3.22. The first-order valence-corrected chi connectivity index (χ1v) is 7.29. The molecule has 0 bridgehead atoms. The molecule has 2 rings (SSSR count). The van der Waals surface area contributed by atoms with Crippen LogP contribution in [0.5, 0.6) is 0 Å². The van der Waals surface area contributed by atoms with Gasteiger partial charge in [0.2, 0.25) is 5.91 Å². The normalized spacial score (nSPS) is 12.0. The average Bonchev–Trinajstić information content (AvgIpc) is 2.48. The molecule has 1 amide bonds. The maximum absolute atomic E-state index is 12.2. The molecule has 3 N–H and O–H groups in total. The lowest BCUT2D eigenvalue weighted by Crippen LogP contribution is -2.28. The molecule has 21 heavy (non-hydrogen) atoms. The van der Waals surface area contributed by atoms with Gasteiger partial charge in [0.25, 0.3) is 0 Å². The number of halogens is 1. The Hall–Kier alpha value is -1.84. The van der Waals surface area contributed by atoms with Crippen molar-refractivity contribution in [1.82, 2.24) is 5.32 Å². The largest absolute Gasteiger partial charge is 0.349 e. The number of hydrogen-bond acceptors (Lipinski definition) is 2. The van der Waals surface area contributed by atoms with Crippen molar-refractivity contribution in [1.29, 1.82) is 0 Å². The number of benzene rings is 2. The zero-order valence-corrected chi connectivity index (χ0v) is 12.7. The Labute approximate surface area is 130 Å². The summed E-state index contributed by atoms with van der Waals surface area (Å²) in [5.41, 5.74) is 8.70. The van der Waals surface area contributed by atoms with Crippen LogP contribution < -0.4 is 11.1 Å². The second-order valence-corrected chi connectivity index (χ2v) is 5.43. The van der Waals surface area contributed by atoms with Crippen LogP contribution in [0.2, 0.25) is 5.02 Å². The average molecular weight is 303 g/mol. The molecule has 3 nitrogen and oxygen atoms in total. The third kappa shape index (κ3) is 4.31. The maximum Gasteiger partial charge on any atom is 0.224 e. The minimum atomic E-state index is -0.0557. The lowest BCUT2D eigenvalue weighted by molar-refractivity contribution is -0.121. The molecule has 0 aliphatic rings. The highest BCUT2D eigenvalue weighted by molar-refractivity contribution is 6.30. The minimum Gasteiger partial charge on any atom is -0.349 e. The van der Waals surface area contributed by atoms with E-state index in [1.807, 2.05) is 55.5 Å². The zero-order valence-electron chi connectivity index (χ0n) is 12.0. The molecule has 0 aliphatic carbocycles. The molecule has 0 aliphatic heterocycles. The van der Waals surface area contributed by atoms with Gasteiger partial charge in [0.05, 0.1) is 12.5 Å². The summed E-state index contributed by atoms with van der Waals surface area (Å²) < 4.78 is 0. The van der Waals surface area contributed by atoms with Gasteiger partial charge < -0.3 is 11.1 Å². The molecular formula is C17H19ClN2O. The van der Waals surface area contributed by atoms with E-state index in [1.54, 1.807) is 0 Å². The van der Waals surface area contributed by atoms with Crippen LogP contribution in [0.4, 0.5) is 0 Å². The van der Waals surface area contributed by atoms with E-state index in [1.165, 1.54) is 0 Å². The fourth-order valence-corrected chi connectivity index (χ4v) is 2.36. The number of carbonyl (C=O) groups excluding carboxylic acids is 1. The van der Waals surface area contributed by atoms with Crippen LogP contribution in [0.15, 0.2) is 48.5 Å². The van der Waals surface area contributed by atoms with Crippen molar-refractivity contribution in [3.05, 3.63) is 70.2 Å². The van der Waals surface area contributed by atoms with Crippen LogP contribution in [-0.2, 0) is 17.8 Å². The molecule has 0 saturated heterocycles. The molecule has 0 radical (unpaired) electrons. The highest BCUT2D eigenvalue weighted by Crippen LogP contribution is 2.16. The highest BCUT2D eigenvalue weighted by Gasteiger charge is 2.11. The summed E-state index contributed by atoms with van der Waals surface area (Å²) in [5, 5.41) is 3.68. The molecule has 0 unspecified atom stereocenters. The van der Waals surface area contributed by atoms with Crippen molar-refractivity contribution < 1.29 is 4.79 Å². The summed E-state index contributed by atoms with van der Waals surface area (Å²) in [4.78, 5) is 12.2. The smallest absolute Gasteiger partial charge is 0.224 e. The van der Waals surface area contributed by atoms with Gasteiger partial charge in [-0.3, -0.25) is 4.79 Å². The molecular weight excluding hydrogens is 284 g/mol. The van der Waals surface area contributed by atoms with Crippen LogP contribution >= 0.6 is 11.6 Å². The van der Waals surface area contributed by atoms with Crippen LogP contribution in [0.3, 0.4) is 0 Å². The van der Waals surface area contributed by atoms with Crippen molar-refractivity contribution in [3.8, 4) is 0 Å². The van der Waals surface area contributed by atoms with E-state index >= 15 is 0 Å². The van der Waals surface area contributed by atoms with E-state index < -0.39 is 0 Å². The van der Waals surface area contributed by atoms with Gasteiger partial charge >= 0.3 is 0 Å². The van der Waals surface area contributed by atoms with Gasteiger partial charge in [-0.1, -0.05) is 48.0 Å².